The number of alkyl carbamates (subject to hydrolysis) is 1. The molecule has 3 aromatic rings. The van der Waals surface area contributed by atoms with Crippen molar-refractivity contribution in [3.05, 3.63) is 56.5 Å². The van der Waals surface area contributed by atoms with Crippen molar-refractivity contribution in [3.63, 3.8) is 0 Å². The maximum absolute atomic E-state index is 12.9. The molecule has 0 unspecified atom stereocenters. The van der Waals surface area contributed by atoms with Gasteiger partial charge in [0, 0.05) is 0 Å². The number of fused-ring (bicyclic) bond motifs is 2. The predicted molar refractivity (Wildman–Crippen MR) is 120 cm³/mol. The van der Waals surface area contributed by atoms with E-state index in [2.05, 4.69) is 15.6 Å². The highest BCUT2D eigenvalue weighted by Crippen LogP contribution is 2.39. The second-order valence-electron chi connectivity index (χ2n) is 8.22. The quantitative estimate of drug-likeness (QED) is 0.480. The van der Waals surface area contributed by atoms with Gasteiger partial charge in [-0.25, -0.2) is 4.79 Å². The van der Waals surface area contributed by atoms with E-state index in [4.69, 9.17) is 27.9 Å². The van der Waals surface area contributed by atoms with Crippen LogP contribution in [0, 0.1) is 0 Å². The molecule has 1 aliphatic rings. The highest BCUT2D eigenvalue weighted by Gasteiger charge is 2.36. The van der Waals surface area contributed by atoms with Gasteiger partial charge in [-0.1, -0.05) is 47.5 Å². The van der Waals surface area contributed by atoms with Crippen LogP contribution in [0.3, 0.4) is 0 Å². The highest BCUT2D eigenvalue weighted by atomic mass is 35.5. The van der Waals surface area contributed by atoms with Crippen LogP contribution in [0.5, 0.6) is 0 Å². The molecule has 0 bridgehead atoms. The molecule has 1 aliphatic carbocycles. The van der Waals surface area contributed by atoms with Crippen LogP contribution in [0.4, 0.5) is 4.79 Å². The molecular formula is C21H21Cl2N3O3S. The van der Waals surface area contributed by atoms with Crippen LogP contribution in [-0.2, 0) is 11.2 Å². The van der Waals surface area contributed by atoms with Crippen molar-refractivity contribution < 1.29 is 14.3 Å². The van der Waals surface area contributed by atoms with E-state index < -0.39 is 17.7 Å². The lowest BCUT2D eigenvalue weighted by atomic mass is 10.1. The largest absolute Gasteiger partial charge is 0.444 e. The summed E-state index contributed by atoms with van der Waals surface area (Å²) >= 11 is 13.5. The summed E-state index contributed by atoms with van der Waals surface area (Å²) in [5, 5.41) is 6.36. The van der Waals surface area contributed by atoms with E-state index in [1.165, 1.54) is 11.3 Å². The van der Waals surface area contributed by atoms with Crippen LogP contribution in [0.1, 0.15) is 48.4 Å². The Balaban J connectivity index is 1.55. The van der Waals surface area contributed by atoms with Crippen molar-refractivity contribution in [2.75, 3.05) is 0 Å². The normalized spacial score (nSPS) is 18.3. The van der Waals surface area contributed by atoms with Gasteiger partial charge in [0.1, 0.15) is 15.6 Å². The lowest BCUT2D eigenvalue weighted by molar-refractivity contribution is 0.0491. The molecule has 2 aromatic heterocycles. The molecule has 0 saturated carbocycles. The number of carbonyl (C=O) groups is 2. The second kappa shape index (κ2) is 7.80. The molecule has 4 rings (SSSR count). The molecule has 1 aromatic carbocycles. The topological polar surface area (TPSA) is 83.2 Å². The summed E-state index contributed by atoms with van der Waals surface area (Å²) in [4.78, 5) is 28.4. The first-order chi connectivity index (χ1) is 14.1. The van der Waals surface area contributed by atoms with E-state index in [1.54, 1.807) is 6.07 Å². The van der Waals surface area contributed by atoms with Gasteiger partial charge in [0.05, 0.1) is 27.3 Å². The molecule has 6 nitrogen and oxygen atoms in total. The number of hydrogen-bond donors (Lipinski definition) is 3. The number of halogens is 2. The molecule has 158 valence electrons. The second-order valence-corrected chi connectivity index (χ2v) is 10.3. The molecule has 0 radical (unpaired) electrons. The van der Waals surface area contributed by atoms with Gasteiger partial charge in [0.15, 0.2) is 0 Å². The van der Waals surface area contributed by atoms with Crippen LogP contribution in [0.15, 0.2) is 30.3 Å². The van der Waals surface area contributed by atoms with E-state index in [1.807, 2.05) is 45.0 Å². The fourth-order valence-electron chi connectivity index (χ4n) is 3.63. The van der Waals surface area contributed by atoms with Crippen LogP contribution in [0.2, 0.25) is 9.36 Å². The molecule has 0 saturated heterocycles. The zero-order chi connectivity index (χ0) is 21.6. The first-order valence-electron chi connectivity index (χ1n) is 9.47. The number of ether oxygens (including phenoxy) is 1. The summed E-state index contributed by atoms with van der Waals surface area (Å²) in [5.74, 6) is -0.278. The molecule has 2 atom stereocenters. The number of aromatic amines is 1. The summed E-state index contributed by atoms with van der Waals surface area (Å²) in [6.45, 7) is 5.42. The molecule has 3 N–H and O–H groups in total. The number of H-pyrrole nitrogens is 1. The number of hydrogen-bond acceptors (Lipinski definition) is 4. The van der Waals surface area contributed by atoms with Crippen molar-refractivity contribution >= 4 is 56.8 Å². The van der Waals surface area contributed by atoms with Crippen molar-refractivity contribution in [2.24, 2.45) is 0 Å². The fraction of sp³-hybridized carbons (Fsp3) is 0.333. The smallest absolute Gasteiger partial charge is 0.408 e. The van der Waals surface area contributed by atoms with Crippen molar-refractivity contribution in [2.45, 2.75) is 44.9 Å². The Morgan fingerprint density at radius 3 is 2.63 bits per heavy atom. The lowest BCUT2D eigenvalue weighted by Gasteiger charge is -2.26. The zero-order valence-electron chi connectivity index (χ0n) is 16.6. The van der Waals surface area contributed by atoms with Crippen LogP contribution in [-0.4, -0.2) is 28.6 Å². The molecule has 2 heterocycles. The number of nitrogens with one attached hydrogen (secondary N) is 3. The number of thiophene rings is 1. The first kappa shape index (κ1) is 21.0. The summed E-state index contributed by atoms with van der Waals surface area (Å²) in [7, 11) is 0. The first-order valence-corrected chi connectivity index (χ1v) is 11.0. The Morgan fingerprint density at radius 2 is 1.93 bits per heavy atom. The zero-order valence-corrected chi connectivity index (χ0v) is 19.0. The third-order valence-corrected chi connectivity index (χ3v) is 6.77. The van der Waals surface area contributed by atoms with E-state index in [-0.39, 0.29) is 11.9 Å². The van der Waals surface area contributed by atoms with Crippen LogP contribution >= 0.6 is 34.5 Å². The molecule has 0 fully saturated rings. The summed E-state index contributed by atoms with van der Waals surface area (Å²) in [6, 6.07) is 8.83. The predicted octanol–water partition coefficient (Wildman–Crippen LogP) is 5.46. The summed E-state index contributed by atoms with van der Waals surface area (Å²) in [5.41, 5.74) is 2.47. The molecule has 0 spiro atoms. The number of rotatable bonds is 3. The van der Waals surface area contributed by atoms with Gasteiger partial charge in [0.2, 0.25) is 0 Å². The van der Waals surface area contributed by atoms with E-state index in [9.17, 15) is 9.59 Å². The highest BCUT2D eigenvalue weighted by molar-refractivity contribution is 7.23. The summed E-state index contributed by atoms with van der Waals surface area (Å²) < 4.78 is 6.71. The van der Waals surface area contributed by atoms with Gasteiger partial charge in [0.25, 0.3) is 5.91 Å². The lowest BCUT2D eigenvalue weighted by Crippen LogP contribution is -2.45. The van der Waals surface area contributed by atoms with Gasteiger partial charge in [-0.3, -0.25) is 4.79 Å². The van der Waals surface area contributed by atoms with Crippen LogP contribution < -0.4 is 10.6 Å². The third-order valence-electron chi connectivity index (χ3n) is 4.84. The van der Waals surface area contributed by atoms with Gasteiger partial charge in [-0.05, 0) is 44.4 Å². The minimum absolute atomic E-state index is 0.278. The standard InChI is InChI=1S/C21H21Cl2N3O3S/c1-21(2,3)29-20(28)26-16-11-7-5-4-6-10(11)8-12(16)25-19(27)13-9-14-17(24-13)15(22)18(23)30-14/h4-7,9,12,16,24H,8H2,1-3H3,(H,25,27)(H,26,28)/t12-,16-/m1/s1. The average Bonchev–Trinajstić information content (AvgIpc) is 3.28. The number of amides is 2. The molecule has 30 heavy (non-hydrogen) atoms. The van der Waals surface area contributed by atoms with Gasteiger partial charge < -0.3 is 20.4 Å². The molecule has 2 amide bonds. The Bertz CT molecular complexity index is 1130. The van der Waals surface area contributed by atoms with E-state index in [0.29, 0.717) is 27.0 Å². The average molecular weight is 466 g/mol. The van der Waals surface area contributed by atoms with Crippen molar-refractivity contribution in [1.82, 2.24) is 15.6 Å². The molecular weight excluding hydrogens is 445 g/mol. The Labute approximate surface area is 187 Å². The van der Waals surface area contributed by atoms with Crippen molar-refractivity contribution in [3.8, 4) is 0 Å². The minimum Gasteiger partial charge on any atom is -0.444 e. The van der Waals surface area contributed by atoms with Gasteiger partial charge >= 0.3 is 6.09 Å². The van der Waals surface area contributed by atoms with Gasteiger partial charge in [-0.2, -0.15) is 0 Å². The van der Waals surface area contributed by atoms with Crippen LogP contribution in [0.25, 0.3) is 10.2 Å². The van der Waals surface area contributed by atoms with E-state index >= 15 is 0 Å². The Hall–Kier alpha value is -2.22. The Morgan fingerprint density at radius 1 is 1.20 bits per heavy atom. The SMILES string of the molecule is CC(C)(C)OC(=O)N[C@@H]1c2ccccc2C[C@H]1NC(=O)c1cc2sc(Cl)c(Cl)c2[nH]1. The number of benzene rings is 1. The Kier molecular flexibility index (Phi) is 5.46. The van der Waals surface area contributed by atoms with Crippen molar-refractivity contribution in [1.29, 1.82) is 0 Å². The molecule has 0 aliphatic heterocycles. The maximum atomic E-state index is 12.9. The molecule has 9 heteroatoms. The maximum Gasteiger partial charge on any atom is 0.408 e. The van der Waals surface area contributed by atoms with Gasteiger partial charge in [-0.15, -0.1) is 11.3 Å². The number of aromatic nitrogens is 1. The van der Waals surface area contributed by atoms with E-state index in [0.717, 1.165) is 15.8 Å². The summed E-state index contributed by atoms with van der Waals surface area (Å²) in [6.07, 6.45) is 0.0783. The number of carbonyl (C=O) groups excluding carboxylic acids is 2. The fourth-order valence-corrected chi connectivity index (χ4v) is 5.11. The minimum atomic E-state index is -0.614. The third kappa shape index (κ3) is 4.15. The monoisotopic (exact) mass is 465 g/mol.